The topological polar surface area (TPSA) is 242 Å². The maximum Gasteiger partial charge on any atom is 2.00 e. The molecule has 0 saturated carbocycles. The van der Waals surface area contributed by atoms with E-state index < -0.39 is 70.4 Å². The summed E-state index contributed by atoms with van der Waals surface area (Å²) in [5.74, 6) is -5.71. The molecule has 0 atom stereocenters. The van der Waals surface area contributed by atoms with E-state index in [0.29, 0.717) is 0 Å². The van der Waals surface area contributed by atoms with Crippen LogP contribution in [0.5, 0.6) is 0 Å². The van der Waals surface area contributed by atoms with E-state index in [0.717, 1.165) is 0 Å². The van der Waals surface area contributed by atoms with Crippen molar-refractivity contribution in [3.05, 3.63) is 0 Å². The molecule has 25 heavy (non-hydrogen) atoms. The van der Waals surface area contributed by atoms with Gasteiger partial charge < -0.3 is 28.2 Å². The van der Waals surface area contributed by atoms with Gasteiger partial charge in [0.25, 0.3) is 0 Å². The number of carboxylic acids is 2. The van der Waals surface area contributed by atoms with Crippen molar-refractivity contribution in [1.29, 1.82) is 0 Å². The Balaban J connectivity index is -0.000000372. The van der Waals surface area contributed by atoms with E-state index in [9.17, 15) is 46.2 Å². The summed E-state index contributed by atoms with van der Waals surface area (Å²) in [6.45, 7) is 0. The molecular formula is C8H10CaO14S2. The zero-order valence-corrected chi connectivity index (χ0v) is 16.0. The largest absolute Gasteiger partial charge is 2.00 e. The molecule has 0 radical (unpaired) electrons. The van der Waals surface area contributed by atoms with Gasteiger partial charge >= 0.3 is 70.5 Å². The molecule has 0 aliphatic rings. The summed E-state index contributed by atoms with van der Waals surface area (Å²) in [4.78, 5) is 40.1. The van der Waals surface area contributed by atoms with Crippen molar-refractivity contribution >= 4 is 82.4 Å². The molecule has 140 valence electrons. The normalized spacial score (nSPS) is 10.3. The van der Waals surface area contributed by atoms with Crippen molar-refractivity contribution in [2.75, 3.05) is 0 Å². The maximum atomic E-state index is 10.3. The van der Waals surface area contributed by atoms with Crippen LogP contribution in [0.15, 0.2) is 0 Å². The van der Waals surface area contributed by atoms with Gasteiger partial charge in [-0.1, -0.05) is 0 Å². The van der Waals surface area contributed by atoms with Gasteiger partial charge in [0.2, 0.25) is 0 Å². The fourth-order valence-corrected chi connectivity index (χ4v) is 1.36. The van der Waals surface area contributed by atoms with E-state index in [4.69, 9.17) is 9.11 Å². The molecule has 0 aromatic rings. The van der Waals surface area contributed by atoms with Gasteiger partial charge in [-0.2, -0.15) is 16.8 Å². The number of hydrogen-bond donors (Lipinski definition) is 2. The van der Waals surface area contributed by atoms with Crippen LogP contribution in [-0.4, -0.2) is 87.6 Å². The molecule has 0 aromatic carbocycles. The first-order chi connectivity index (χ1) is 10.6. The SMILES string of the molecule is O=C([O-])CCC(=O)OS(=O)(=O)O.O=C([O-])CCC(=O)OS(=O)(=O)O.[Ca+2]. The number of hydrogen-bond acceptors (Lipinski definition) is 12. The average Bonchev–Trinajstić information content (AvgIpc) is 2.30. The summed E-state index contributed by atoms with van der Waals surface area (Å²) < 4.78 is 62.0. The second kappa shape index (κ2) is 13.2. The molecule has 0 bridgehead atoms. The van der Waals surface area contributed by atoms with E-state index in [-0.39, 0.29) is 37.7 Å². The van der Waals surface area contributed by atoms with Crippen LogP contribution in [0.3, 0.4) is 0 Å². The van der Waals surface area contributed by atoms with Gasteiger partial charge in [-0.05, 0) is 12.8 Å². The van der Waals surface area contributed by atoms with Crippen LogP contribution in [0.25, 0.3) is 0 Å². The zero-order valence-electron chi connectivity index (χ0n) is 12.1. The molecular weight excluding hydrogens is 424 g/mol. The molecule has 0 rings (SSSR count). The molecule has 0 saturated heterocycles. The standard InChI is InChI=1S/2C4H6O7S.Ca/c2*5-3(6)1-2-4(7)11-12(8,9)10;/h2*1-2H2,(H,5,6)(H,8,9,10);/q;;+2/p-2. The molecule has 2 N–H and O–H groups in total. The Labute approximate surface area is 171 Å². The van der Waals surface area contributed by atoms with Gasteiger partial charge in [0.1, 0.15) is 0 Å². The molecule has 14 nitrogen and oxygen atoms in total. The number of aliphatic carboxylic acids is 2. The number of carbonyl (C=O) groups is 4. The maximum absolute atomic E-state index is 10.3. The van der Waals surface area contributed by atoms with Gasteiger partial charge in [0.05, 0.1) is 12.8 Å². The Morgan fingerprint density at radius 2 is 0.920 bits per heavy atom. The Morgan fingerprint density at radius 1 is 0.680 bits per heavy atom. The summed E-state index contributed by atoms with van der Waals surface area (Å²) >= 11 is 0. The summed E-state index contributed by atoms with van der Waals surface area (Å²) in [6, 6.07) is 0. The quantitative estimate of drug-likeness (QED) is 0.269. The summed E-state index contributed by atoms with van der Waals surface area (Å²) in [5, 5.41) is 19.5. The second-order valence-electron chi connectivity index (χ2n) is 3.51. The van der Waals surface area contributed by atoms with Crippen LogP contribution in [0.1, 0.15) is 25.7 Å². The van der Waals surface area contributed by atoms with Crippen molar-refractivity contribution in [1.82, 2.24) is 0 Å². The first kappa shape index (κ1) is 28.8. The van der Waals surface area contributed by atoms with E-state index >= 15 is 0 Å². The minimum atomic E-state index is -4.83. The van der Waals surface area contributed by atoms with E-state index in [1.165, 1.54) is 0 Å². The summed E-state index contributed by atoms with van der Waals surface area (Å²) in [7, 11) is -9.67. The first-order valence-corrected chi connectivity index (χ1v) is 8.14. The number of carbonyl (C=O) groups excluding carboxylic acids is 4. The van der Waals surface area contributed by atoms with Crippen LogP contribution in [-0.2, 0) is 48.3 Å². The molecule has 0 amide bonds. The predicted molar refractivity (Wildman–Crippen MR) is 69.5 cm³/mol. The second-order valence-corrected chi connectivity index (χ2v) is 5.55. The third-order valence-corrected chi connectivity index (χ3v) is 2.26. The third-order valence-electron chi connectivity index (χ3n) is 1.46. The Kier molecular flexibility index (Phi) is 15.2. The minimum absolute atomic E-state index is 0. The summed E-state index contributed by atoms with van der Waals surface area (Å²) in [5.41, 5.74) is 0. The van der Waals surface area contributed by atoms with Crippen molar-refractivity contribution in [2.24, 2.45) is 0 Å². The van der Waals surface area contributed by atoms with E-state index in [1.807, 2.05) is 0 Å². The molecule has 0 aliphatic carbocycles. The van der Waals surface area contributed by atoms with Gasteiger partial charge in [0, 0.05) is 11.9 Å². The number of rotatable bonds is 8. The first-order valence-electron chi connectivity index (χ1n) is 5.41. The van der Waals surface area contributed by atoms with Crippen LogP contribution >= 0.6 is 0 Å². The fourth-order valence-electron chi connectivity index (χ4n) is 0.726. The minimum Gasteiger partial charge on any atom is -0.550 e. The van der Waals surface area contributed by atoms with E-state index in [2.05, 4.69) is 8.37 Å². The average molecular weight is 434 g/mol. The fraction of sp³-hybridized carbons (Fsp3) is 0.500. The molecule has 0 heterocycles. The molecule has 0 fully saturated rings. The molecule has 0 aliphatic heterocycles. The third kappa shape index (κ3) is 28.1. The molecule has 0 spiro atoms. The smallest absolute Gasteiger partial charge is 0.550 e. The van der Waals surface area contributed by atoms with Crippen molar-refractivity contribution in [3.63, 3.8) is 0 Å². The van der Waals surface area contributed by atoms with E-state index in [1.54, 1.807) is 0 Å². The van der Waals surface area contributed by atoms with Gasteiger partial charge in [-0.3, -0.25) is 18.7 Å². The van der Waals surface area contributed by atoms with Gasteiger partial charge in [0.15, 0.2) is 0 Å². The van der Waals surface area contributed by atoms with Crippen LogP contribution in [0, 0.1) is 0 Å². The number of carboxylic acid groups (broad SMARTS) is 2. The van der Waals surface area contributed by atoms with Gasteiger partial charge in [-0.25, -0.2) is 0 Å². The Bertz CT molecular complexity index is 618. The Hall–Kier alpha value is -1.04. The zero-order chi connectivity index (χ0) is 19.6. The van der Waals surface area contributed by atoms with Gasteiger partial charge in [-0.15, -0.1) is 0 Å². The molecule has 0 aromatic heterocycles. The monoisotopic (exact) mass is 434 g/mol. The molecule has 17 heteroatoms. The van der Waals surface area contributed by atoms with Crippen LogP contribution < -0.4 is 10.2 Å². The van der Waals surface area contributed by atoms with Crippen LogP contribution in [0.4, 0.5) is 0 Å². The predicted octanol–water partition coefficient (Wildman–Crippen LogP) is -4.66. The molecule has 0 unspecified atom stereocenters. The Morgan fingerprint density at radius 3 is 1.08 bits per heavy atom. The van der Waals surface area contributed by atoms with Crippen molar-refractivity contribution < 1.29 is 63.7 Å². The summed E-state index contributed by atoms with van der Waals surface area (Å²) in [6.07, 6.45) is -2.65. The van der Waals surface area contributed by atoms with Crippen molar-refractivity contribution in [3.8, 4) is 0 Å². The van der Waals surface area contributed by atoms with Crippen LogP contribution in [0.2, 0.25) is 0 Å². The van der Waals surface area contributed by atoms with Crippen molar-refractivity contribution in [2.45, 2.75) is 25.7 Å².